The molecule has 7 nitrogen and oxygen atoms in total. The highest BCUT2D eigenvalue weighted by Gasteiger charge is 2.33. The van der Waals surface area contributed by atoms with Crippen molar-refractivity contribution in [2.24, 2.45) is 5.41 Å². The van der Waals surface area contributed by atoms with Crippen LogP contribution in [0.15, 0.2) is 0 Å². The first-order valence-corrected chi connectivity index (χ1v) is 6.71. The van der Waals surface area contributed by atoms with Crippen molar-refractivity contribution in [3.05, 3.63) is 0 Å². The molecule has 0 aromatic rings. The van der Waals surface area contributed by atoms with Crippen LogP contribution in [-0.2, 0) is 9.59 Å². The van der Waals surface area contributed by atoms with Crippen LogP contribution in [-0.4, -0.2) is 41.1 Å². The van der Waals surface area contributed by atoms with Crippen LogP contribution >= 0.6 is 0 Å². The predicted octanol–water partition coefficient (Wildman–Crippen LogP) is 0.452. The Kier molecular flexibility index (Phi) is 4.97. The van der Waals surface area contributed by atoms with Crippen molar-refractivity contribution >= 4 is 17.9 Å². The lowest BCUT2D eigenvalue weighted by Gasteiger charge is -2.28. The number of urea groups is 1. The third-order valence-corrected chi connectivity index (χ3v) is 3.05. The van der Waals surface area contributed by atoms with E-state index in [9.17, 15) is 14.4 Å². The number of nitrogens with one attached hydrogen (secondary N) is 3. The zero-order valence-electron chi connectivity index (χ0n) is 12.3. The first kappa shape index (κ1) is 16.3. The minimum Gasteiger partial charge on any atom is -0.480 e. The molecule has 0 aliphatic heterocycles. The second kappa shape index (κ2) is 6.11. The first-order chi connectivity index (χ1) is 9.11. The standard InChI is InChI=1S/C13H23N3O4/c1-7(10(17)15-8-5-6-8)14-12(20)16-9(11(18)19)13(2,3)4/h7-9H,5-6H2,1-4H3,(H,15,17)(H,18,19)(H2,14,16,20)/t7?,9-/m0/s1. The Morgan fingerprint density at radius 3 is 2.10 bits per heavy atom. The van der Waals surface area contributed by atoms with Gasteiger partial charge in [-0.3, -0.25) is 4.79 Å². The molecule has 0 bridgehead atoms. The minimum atomic E-state index is -1.11. The van der Waals surface area contributed by atoms with Gasteiger partial charge in [-0.05, 0) is 25.2 Å². The predicted molar refractivity (Wildman–Crippen MR) is 73.2 cm³/mol. The van der Waals surface area contributed by atoms with E-state index in [1.54, 1.807) is 27.7 Å². The van der Waals surface area contributed by atoms with E-state index in [2.05, 4.69) is 16.0 Å². The molecule has 0 radical (unpaired) electrons. The summed E-state index contributed by atoms with van der Waals surface area (Å²) < 4.78 is 0. The number of amides is 3. The van der Waals surface area contributed by atoms with Gasteiger partial charge in [-0.2, -0.15) is 0 Å². The molecule has 2 atom stereocenters. The van der Waals surface area contributed by atoms with Gasteiger partial charge >= 0.3 is 12.0 Å². The molecule has 7 heteroatoms. The molecule has 3 amide bonds. The summed E-state index contributed by atoms with van der Waals surface area (Å²) in [5, 5.41) is 16.7. The van der Waals surface area contributed by atoms with Crippen LogP contribution in [0, 0.1) is 5.41 Å². The van der Waals surface area contributed by atoms with E-state index in [1.165, 1.54) is 0 Å². The maximum atomic E-state index is 11.8. The number of hydrogen-bond acceptors (Lipinski definition) is 3. The molecule has 0 heterocycles. The summed E-state index contributed by atoms with van der Waals surface area (Å²) in [5.74, 6) is -1.37. The van der Waals surface area contributed by atoms with Gasteiger partial charge in [0.15, 0.2) is 0 Å². The molecule has 1 rings (SSSR count). The van der Waals surface area contributed by atoms with Gasteiger partial charge in [0.1, 0.15) is 12.1 Å². The van der Waals surface area contributed by atoms with Crippen molar-refractivity contribution in [2.45, 2.75) is 58.7 Å². The average Bonchev–Trinajstić information content (AvgIpc) is 3.07. The van der Waals surface area contributed by atoms with Crippen molar-refractivity contribution < 1.29 is 19.5 Å². The lowest BCUT2D eigenvalue weighted by Crippen LogP contribution is -2.55. The monoisotopic (exact) mass is 285 g/mol. The molecule has 1 unspecified atom stereocenters. The van der Waals surface area contributed by atoms with Gasteiger partial charge in [0.2, 0.25) is 5.91 Å². The van der Waals surface area contributed by atoms with Crippen molar-refractivity contribution in [3.8, 4) is 0 Å². The molecule has 0 aromatic heterocycles. The second-order valence-electron chi connectivity index (χ2n) is 6.26. The topological polar surface area (TPSA) is 108 Å². The quantitative estimate of drug-likeness (QED) is 0.588. The number of carbonyl (C=O) groups is 3. The summed E-state index contributed by atoms with van der Waals surface area (Å²) in [6.45, 7) is 6.71. The number of aliphatic carboxylic acids is 1. The number of carboxylic acids is 1. The summed E-state index contributed by atoms with van der Waals surface area (Å²) >= 11 is 0. The third kappa shape index (κ3) is 5.07. The van der Waals surface area contributed by atoms with Gasteiger partial charge in [0.25, 0.3) is 0 Å². The Bertz CT molecular complexity index is 399. The number of carboxylic acid groups (broad SMARTS) is 1. The fourth-order valence-electron chi connectivity index (χ4n) is 1.64. The van der Waals surface area contributed by atoms with E-state index in [-0.39, 0.29) is 11.9 Å². The summed E-state index contributed by atoms with van der Waals surface area (Å²) in [5.41, 5.74) is -0.622. The smallest absolute Gasteiger partial charge is 0.326 e. The normalized spacial score (nSPS) is 17.8. The third-order valence-electron chi connectivity index (χ3n) is 3.05. The maximum Gasteiger partial charge on any atom is 0.326 e. The molecule has 4 N–H and O–H groups in total. The SMILES string of the molecule is CC(NC(=O)N[C@@H](C(=O)O)C(C)(C)C)C(=O)NC1CC1. The van der Waals surface area contributed by atoms with E-state index >= 15 is 0 Å². The molecule has 0 saturated heterocycles. The van der Waals surface area contributed by atoms with E-state index in [0.717, 1.165) is 12.8 Å². The highest BCUT2D eigenvalue weighted by Crippen LogP contribution is 2.19. The maximum absolute atomic E-state index is 11.8. The van der Waals surface area contributed by atoms with Crippen molar-refractivity contribution in [2.75, 3.05) is 0 Å². The van der Waals surface area contributed by atoms with E-state index < -0.39 is 29.5 Å². The van der Waals surface area contributed by atoms with Gasteiger partial charge < -0.3 is 21.1 Å². The number of rotatable bonds is 5. The van der Waals surface area contributed by atoms with Gasteiger partial charge in [-0.1, -0.05) is 20.8 Å². The fourth-order valence-corrected chi connectivity index (χ4v) is 1.64. The molecule has 20 heavy (non-hydrogen) atoms. The van der Waals surface area contributed by atoms with Crippen LogP contribution in [0.1, 0.15) is 40.5 Å². The van der Waals surface area contributed by atoms with Crippen LogP contribution in [0.25, 0.3) is 0 Å². The van der Waals surface area contributed by atoms with Crippen LogP contribution in [0.5, 0.6) is 0 Å². The van der Waals surface area contributed by atoms with Gasteiger partial charge in [-0.25, -0.2) is 9.59 Å². The Morgan fingerprint density at radius 2 is 1.70 bits per heavy atom. The molecule has 114 valence electrons. The van der Waals surface area contributed by atoms with Crippen molar-refractivity contribution in [3.63, 3.8) is 0 Å². The summed E-state index contributed by atoms with van der Waals surface area (Å²) in [6, 6.07) is -2.17. The highest BCUT2D eigenvalue weighted by molar-refractivity contribution is 5.88. The molecular formula is C13H23N3O4. The molecule has 0 aromatic carbocycles. The Balaban J connectivity index is 2.48. The second-order valence-corrected chi connectivity index (χ2v) is 6.26. The number of carbonyl (C=O) groups excluding carboxylic acids is 2. The van der Waals surface area contributed by atoms with E-state index in [0.29, 0.717) is 0 Å². The Hall–Kier alpha value is -1.79. The summed E-state index contributed by atoms with van der Waals surface area (Å²) in [7, 11) is 0. The van der Waals surface area contributed by atoms with Gasteiger partial charge in [-0.15, -0.1) is 0 Å². The van der Waals surface area contributed by atoms with Gasteiger partial charge in [0.05, 0.1) is 0 Å². The lowest BCUT2D eigenvalue weighted by molar-refractivity contribution is -0.141. The highest BCUT2D eigenvalue weighted by atomic mass is 16.4. The molecule has 1 aliphatic carbocycles. The molecule has 1 aliphatic rings. The van der Waals surface area contributed by atoms with E-state index in [1.807, 2.05) is 0 Å². The average molecular weight is 285 g/mol. The zero-order valence-corrected chi connectivity index (χ0v) is 12.3. The van der Waals surface area contributed by atoms with Crippen LogP contribution in [0.4, 0.5) is 4.79 Å². The van der Waals surface area contributed by atoms with Crippen LogP contribution in [0.3, 0.4) is 0 Å². The molecule has 1 fully saturated rings. The molecule has 1 saturated carbocycles. The first-order valence-electron chi connectivity index (χ1n) is 6.71. The molecule has 0 spiro atoms. The van der Waals surface area contributed by atoms with Crippen LogP contribution < -0.4 is 16.0 Å². The van der Waals surface area contributed by atoms with E-state index in [4.69, 9.17) is 5.11 Å². The number of hydrogen-bond donors (Lipinski definition) is 4. The zero-order chi connectivity index (χ0) is 15.5. The molecular weight excluding hydrogens is 262 g/mol. The van der Waals surface area contributed by atoms with Crippen molar-refractivity contribution in [1.82, 2.24) is 16.0 Å². The minimum absolute atomic E-state index is 0.219. The van der Waals surface area contributed by atoms with Crippen LogP contribution in [0.2, 0.25) is 0 Å². The van der Waals surface area contributed by atoms with Crippen molar-refractivity contribution in [1.29, 1.82) is 0 Å². The largest absolute Gasteiger partial charge is 0.480 e. The van der Waals surface area contributed by atoms with Gasteiger partial charge in [0, 0.05) is 6.04 Å². The lowest BCUT2D eigenvalue weighted by atomic mass is 9.87. The summed E-state index contributed by atoms with van der Waals surface area (Å²) in [6.07, 6.45) is 1.94. The summed E-state index contributed by atoms with van der Waals surface area (Å²) in [4.78, 5) is 34.6. The Labute approximate surface area is 118 Å². The fraction of sp³-hybridized carbons (Fsp3) is 0.769. The Morgan fingerprint density at radius 1 is 1.15 bits per heavy atom.